The lowest BCUT2D eigenvalue weighted by Crippen LogP contribution is -2.32. The SMILES string of the molecule is CCN(C(=O)c1ccc2c(c1)C1C=CCC1C(c1c[nH]c3ccccc13)N2)c1ccccc1. The fraction of sp³-hybridized carbons (Fsp3) is 0.207. The first-order chi connectivity index (χ1) is 16.2. The van der Waals surface area contributed by atoms with Crippen LogP contribution in [0.3, 0.4) is 0 Å². The molecule has 2 heterocycles. The first-order valence-electron chi connectivity index (χ1n) is 11.7. The lowest BCUT2D eigenvalue weighted by Gasteiger charge is -2.37. The summed E-state index contributed by atoms with van der Waals surface area (Å²) in [5.74, 6) is 0.779. The minimum absolute atomic E-state index is 0.0452. The third-order valence-electron chi connectivity index (χ3n) is 7.20. The largest absolute Gasteiger partial charge is 0.378 e. The van der Waals surface area contributed by atoms with Gasteiger partial charge in [0.25, 0.3) is 5.91 Å². The van der Waals surface area contributed by atoms with E-state index in [9.17, 15) is 4.79 Å². The Morgan fingerprint density at radius 3 is 2.67 bits per heavy atom. The van der Waals surface area contributed by atoms with Crippen LogP contribution in [-0.4, -0.2) is 17.4 Å². The van der Waals surface area contributed by atoms with Crippen LogP contribution in [0.4, 0.5) is 11.4 Å². The van der Waals surface area contributed by atoms with Gasteiger partial charge >= 0.3 is 0 Å². The van der Waals surface area contributed by atoms with Gasteiger partial charge in [-0.3, -0.25) is 4.79 Å². The van der Waals surface area contributed by atoms with Gasteiger partial charge in [-0.1, -0.05) is 48.6 Å². The van der Waals surface area contributed by atoms with Crippen molar-refractivity contribution in [3.63, 3.8) is 0 Å². The standard InChI is InChI=1S/C29H27N3O/c1-2-32(20-9-4-3-5-10-20)29(33)19-15-16-27-24(17-19)21-12-8-13-23(21)28(31-27)25-18-30-26-14-7-6-11-22(25)26/h3-12,14-18,21,23,28,30-31H,2,13H2,1H3. The van der Waals surface area contributed by atoms with E-state index in [1.807, 2.05) is 48.2 Å². The number of nitrogens with zero attached hydrogens (tertiary/aromatic N) is 1. The molecule has 0 saturated heterocycles. The predicted molar refractivity (Wildman–Crippen MR) is 135 cm³/mol. The maximum atomic E-state index is 13.4. The Balaban J connectivity index is 1.37. The first kappa shape index (κ1) is 19.9. The van der Waals surface area contributed by atoms with Gasteiger partial charge in [-0.15, -0.1) is 0 Å². The second kappa shape index (κ2) is 7.96. The Bertz CT molecular complexity index is 1350. The minimum atomic E-state index is 0.0452. The number of rotatable bonds is 4. The zero-order chi connectivity index (χ0) is 22.4. The number of allylic oxidation sites excluding steroid dienone is 2. The number of aromatic amines is 1. The summed E-state index contributed by atoms with van der Waals surface area (Å²) in [4.78, 5) is 18.7. The summed E-state index contributed by atoms with van der Waals surface area (Å²) < 4.78 is 0. The summed E-state index contributed by atoms with van der Waals surface area (Å²) in [7, 11) is 0. The quantitative estimate of drug-likeness (QED) is 0.354. The van der Waals surface area contributed by atoms with Crippen LogP contribution in [0.15, 0.2) is 91.1 Å². The molecule has 3 atom stereocenters. The molecule has 3 unspecified atom stereocenters. The van der Waals surface area contributed by atoms with Crippen LogP contribution in [0.2, 0.25) is 0 Å². The van der Waals surface area contributed by atoms with Crippen molar-refractivity contribution in [1.29, 1.82) is 0 Å². The highest BCUT2D eigenvalue weighted by Gasteiger charge is 2.39. The number of hydrogen-bond acceptors (Lipinski definition) is 2. The Morgan fingerprint density at radius 2 is 1.82 bits per heavy atom. The van der Waals surface area contributed by atoms with Gasteiger partial charge in [0.1, 0.15) is 0 Å². The zero-order valence-corrected chi connectivity index (χ0v) is 18.7. The minimum Gasteiger partial charge on any atom is -0.378 e. The third-order valence-corrected chi connectivity index (χ3v) is 7.20. The Kier molecular flexibility index (Phi) is 4.79. The molecule has 4 heteroatoms. The molecule has 6 rings (SSSR count). The lowest BCUT2D eigenvalue weighted by molar-refractivity contribution is 0.0988. The van der Waals surface area contributed by atoms with E-state index in [2.05, 4.69) is 65.0 Å². The van der Waals surface area contributed by atoms with Crippen molar-refractivity contribution in [2.75, 3.05) is 16.8 Å². The van der Waals surface area contributed by atoms with Crippen LogP contribution in [-0.2, 0) is 0 Å². The summed E-state index contributed by atoms with van der Waals surface area (Å²) in [6.07, 6.45) is 7.81. The highest BCUT2D eigenvalue weighted by Crippen LogP contribution is 2.51. The molecule has 0 saturated carbocycles. The van der Waals surface area contributed by atoms with Crippen LogP contribution in [0, 0.1) is 5.92 Å². The smallest absolute Gasteiger partial charge is 0.258 e. The van der Waals surface area contributed by atoms with Crippen LogP contribution in [0.25, 0.3) is 10.9 Å². The molecular formula is C29H27N3O. The van der Waals surface area contributed by atoms with Crippen molar-refractivity contribution >= 4 is 28.2 Å². The maximum Gasteiger partial charge on any atom is 0.258 e. The monoisotopic (exact) mass is 433 g/mol. The van der Waals surface area contributed by atoms with Crippen LogP contribution < -0.4 is 10.2 Å². The fourth-order valence-electron chi connectivity index (χ4n) is 5.59. The highest BCUT2D eigenvalue weighted by atomic mass is 16.2. The molecule has 164 valence electrons. The fourth-order valence-corrected chi connectivity index (χ4v) is 5.59. The molecule has 0 radical (unpaired) electrons. The van der Waals surface area contributed by atoms with Crippen molar-refractivity contribution in [2.45, 2.75) is 25.3 Å². The summed E-state index contributed by atoms with van der Waals surface area (Å²) in [5.41, 5.74) is 6.50. The van der Waals surface area contributed by atoms with Gasteiger partial charge < -0.3 is 15.2 Å². The molecule has 1 amide bonds. The van der Waals surface area contributed by atoms with Crippen molar-refractivity contribution in [2.24, 2.45) is 5.92 Å². The molecule has 3 aromatic carbocycles. The number of aromatic nitrogens is 1. The molecule has 1 aliphatic carbocycles. The summed E-state index contributed by atoms with van der Waals surface area (Å²) in [5, 5.41) is 5.09. The highest BCUT2D eigenvalue weighted by molar-refractivity contribution is 6.06. The van der Waals surface area contributed by atoms with E-state index in [1.54, 1.807) is 0 Å². The van der Waals surface area contributed by atoms with E-state index in [1.165, 1.54) is 22.0 Å². The van der Waals surface area contributed by atoms with Gasteiger partial charge in [0.05, 0.1) is 6.04 Å². The number of H-pyrrole nitrogens is 1. The number of amides is 1. The Hall–Kier alpha value is -3.79. The molecule has 33 heavy (non-hydrogen) atoms. The molecule has 1 aromatic heterocycles. The number of anilines is 2. The lowest BCUT2D eigenvalue weighted by atomic mass is 9.76. The summed E-state index contributed by atoms with van der Waals surface area (Å²) in [6, 6.07) is 24.8. The average Bonchev–Trinajstić information content (AvgIpc) is 3.52. The predicted octanol–water partition coefficient (Wildman–Crippen LogP) is 6.66. The number of nitrogens with one attached hydrogen (secondary N) is 2. The molecule has 0 bridgehead atoms. The van der Waals surface area contributed by atoms with Crippen LogP contribution in [0.5, 0.6) is 0 Å². The van der Waals surface area contributed by atoms with E-state index in [0.29, 0.717) is 18.4 Å². The molecule has 1 aliphatic heterocycles. The second-order valence-corrected chi connectivity index (χ2v) is 8.95. The average molecular weight is 434 g/mol. The second-order valence-electron chi connectivity index (χ2n) is 8.95. The van der Waals surface area contributed by atoms with E-state index < -0.39 is 0 Å². The number of benzene rings is 3. The maximum absolute atomic E-state index is 13.4. The molecule has 0 spiro atoms. The van der Waals surface area contributed by atoms with Gasteiger partial charge in [-0.2, -0.15) is 0 Å². The van der Waals surface area contributed by atoms with Gasteiger partial charge in [-0.25, -0.2) is 0 Å². The van der Waals surface area contributed by atoms with Crippen LogP contribution >= 0.6 is 0 Å². The van der Waals surface area contributed by atoms with Gasteiger partial charge in [0.15, 0.2) is 0 Å². The summed E-state index contributed by atoms with van der Waals surface area (Å²) >= 11 is 0. The van der Waals surface area contributed by atoms with Crippen molar-refractivity contribution < 1.29 is 4.79 Å². The van der Waals surface area contributed by atoms with Crippen molar-refractivity contribution in [3.05, 3.63) is 108 Å². The van der Waals surface area contributed by atoms with E-state index in [4.69, 9.17) is 0 Å². The molecule has 4 aromatic rings. The van der Waals surface area contributed by atoms with Crippen LogP contribution in [0.1, 0.15) is 46.8 Å². The Morgan fingerprint density at radius 1 is 1.00 bits per heavy atom. The van der Waals surface area contributed by atoms with E-state index >= 15 is 0 Å². The topological polar surface area (TPSA) is 48.1 Å². The molecule has 2 N–H and O–H groups in total. The molecule has 2 aliphatic rings. The number of carbonyl (C=O) groups excluding carboxylic acids is 1. The van der Waals surface area contributed by atoms with Gasteiger partial charge in [0, 0.05) is 46.5 Å². The van der Waals surface area contributed by atoms with Gasteiger partial charge in [-0.05, 0) is 66.8 Å². The van der Waals surface area contributed by atoms with Crippen molar-refractivity contribution in [3.8, 4) is 0 Å². The first-order valence-corrected chi connectivity index (χ1v) is 11.7. The van der Waals surface area contributed by atoms with Crippen molar-refractivity contribution in [1.82, 2.24) is 4.98 Å². The third kappa shape index (κ3) is 3.25. The number of para-hydroxylation sites is 2. The van der Waals surface area contributed by atoms with E-state index in [-0.39, 0.29) is 11.9 Å². The summed E-state index contributed by atoms with van der Waals surface area (Å²) in [6.45, 7) is 2.65. The number of hydrogen-bond donors (Lipinski definition) is 2. The molecule has 0 fully saturated rings. The normalized spacial score (nSPS) is 20.8. The zero-order valence-electron chi connectivity index (χ0n) is 18.7. The Labute approximate surface area is 193 Å². The van der Waals surface area contributed by atoms with E-state index in [0.717, 1.165) is 23.4 Å². The number of carbonyl (C=O) groups is 1. The molecule has 4 nitrogen and oxygen atoms in total. The molecular weight excluding hydrogens is 406 g/mol. The van der Waals surface area contributed by atoms with Gasteiger partial charge in [0.2, 0.25) is 0 Å². The number of fused-ring (bicyclic) bond motifs is 4.